The minimum absolute atomic E-state index is 0.0310. The molecule has 1 saturated carbocycles. The van der Waals surface area contributed by atoms with Crippen LogP contribution < -0.4 is 20.6 Å². The topological polar surface area (TPSA) is 133 Å². The molecule has 8 heterocycles. The van der Waals surface area contributed by atoms with Crippen LogP contribution in [0.1, 0.15) is 138 Å². The van der Waals surface area contributed by atoms with E-state index >= 15 is 0 Å². The Morgan fingerprint density at radius 3 is 1.93 bits per heavy atom. The summed E-state index contributed by atoms with van der Waals surface area (Å²) in [5, 5.41) is 2.29. The van der Waals surface area contributed by atoms with Crippen molar-refractivity contribution >= 4 is 35.8 Å². The maximum absolute atomic E-state index is 14.0. The number of nitrogens with zero attached hydrogens (tertiary/aromatic N) is 4. The van der Waals surface area contributed by atoms with Gasteiger partial charge >= 0.3 is 5.97 Å². The summed E-state index contributed by atoms with van der Waals surface area (Å²) < 4.78 is 33.7. The molecule has 6 aliphatic rings. The number of para-hydroxylation sites is 1. The van der Waals surface area contributed by atoms with Crippen molar-refractivity contribution in [2.75, 3.05) is 6.79 Å². The lowest BCUT2D eigenvalue weighted by Gasteiger charge is -2.40. The van der Waals surface area contributed by atoms with Crippen molar-refractivity contribution in [3.63, 3.8) is 0 Å². The van der Waals surface area contributed by atoms with Crippen molar-refractivity contribution in [1.29, 1.82) is 0 Å². The normalized spacial score (nSPS) is 20.6. The van der Waals surface area contributed by atoms with Gasteiger partial charge in [0.25, 0.3) is 11.1 Å². The SMILES string of the molecule is C=C1Cc2c(cc3n(c2=O)Cc2c-3nc3cc4c(cc3c2C2CCC2)OCO4)[C@]1(CC)OC(C)(C)C.CC[C@@]1(OC(C)(C)C)C(=O)OCc2c1cc1n(c2=O)Cc2c-1nc1ccccc1c2CC[Si](C)(C)C. The number of carbonyl (C=O) groups is 1. The Hall–Kier alpha value is -5.89. The van der Waals surface area contributed by atoms with Crippen LogP contribution in [0.5, 0.6) is 11.5 Å². The first kappa shape index (κ1) is 48.4. The van der Waals surface area contributed by atoms with Gasteiger partial charge in [0.1, 0.15) is 12.2 Å². The minimum Gasteiger partial charge on any atom is -0.458 e. The van der Waals surface area contributed by atoms with E-state index in [1.165, 1.54) is 36.0 Å². The van der Waals surface area contributed by atoms with Crippen LogP contribution >= 0.6 is 0 Å². The molecule has 13 heteroatoms. The number of hydrogen-bond acceptors (Lipinski definition) is 10. The van der Waals surface area contributed by atoms with Crippen molar-refractivity contribution in [2.24, 2.45) is 0 Å². The van der Waals surface area contributed by atoms with Gasteiger partial charge in [-0.2, -0.15) is 0 Å². The highest BCUT2D eigenvalue weighted by Gasteiger charge is 2.51. The Morgan fingerprint density at radius 1 is 0.722 bits per heavy atom. The third kappa shape index (κ3) is 7.70. The lowest BCUT2D eigenvalue weighted by molar-refractivity contribution is -0.200. The molecule has 2 atom stereocenters. The second kappa shape index (κ2) is 16.8. The van der Waals surface area contributed by atoms with Gasteiger partial charge in [0.15, 0.2) is 17.1 Å². The highest BCUT2D eigenvalue weighted by molar-refractivity contribution is 6.76. The fourth-order valence-electron chi connectivity index (χ4n) is 12.3. The predicted octanol–water partition coefficient (Wildman–Crippen LogP) is 11.7. The van der Waals surface area contributed by atoms with Gasteiger partial charge in [-0.05, 0) is 126 Å². The third-order valence-electron chi connectivity index (χ3n) is 15.8. The molecule has 0 saturated heterocycles. The maximum atomic E-state index is 14.0. The quantitative estimate of drug-likeness (QED) is 0.0823. The molecular weight excluding hydrogens is 921 g/mol. The van der Waals surface area contributed by atoms with E-state index in [4.69, 9.17) is 33.7 Å². The molecule has 1 fully saturated rings. The number of ether oxygens (including phenoxy) is 5. The van der Waals surface area contributed by atoms with Gasteiger partial charge in [0, 0.05) is 53.6 Å². The summed E-state index contributed by atoms with van der Waals surface area (Å²) in [5.41, 5.74) is 11.0. The number of carbonyl (C=O) groups excluding carboxylic acids is 1. The van der Waals surface area contributed by atoms with Crippen molar-refractivity contribution in [2.45, 2.75) is 174 Å². The van der Waals surface area contributed by atoms with E-state index in [0.29, 0.717) is 43.0 Å². The second-order valence-corrected chi connectivity index (χ2v) is 29.6. The molecule has 4 aliphatic heterocycles. The highest BCUT2D eigenvalue weighted by Crippen LogP contribution is 2.52. The molecule has 2 aliphatic carbocycles. The van der Waals surface area contributed by atoms with E-state index in [-0.39, 0.29) is 30.1 Å². The molecule has 72 heavy (non-hydrogen) atoms. The van der Waals surface area contributed by atoms with Gasteiger partial charge < -0.3 is 32.8 Å². The van der Waals surface area contributed by atoms with E-state index in [2.05, 4.69) is 78.2 Å². The van der Waals surface area contributed by atoms with Crippen LogP contribution in [0.3, 0.4) is 0 Å². The second-order valence-electron chi connectivity index (χ2n) is 24.0. The highest BCUT2D eigenvalue weighted by atomic mass is 28.3. The van der Waals surface area contributed by atoms with E-state index in [1.54, 1.807) is 0 Å². The molecule has 12 rings (SSSR count). The number of esters is 1. The average molecular weight is 989 g/mol. The van der Waals surface area contributed by atoms with Crippen LogP contribution in [0, 0.1) is 0 Å². The summed E-state index contributed by atoms with van der Waals surface area (Å²) in [4.78, 5) is 51.2. The first-order chi connectivity index (χ1) is 34.0. The summed E-state index contributed by atoms with van der Waals surface area (Å²) in [5.74, 6) is 1.57. The lowest BCUT2D eigenvalue weighted by Crippen LogP contribution is -2.49. The smallest absolute Gasteiger partial charge is 0.343 e. The van der Waals surface area contributed by atoms with Crippen molar-refractivity contribution in [3.8, 4) is 34.3 Å². The van der Waals surface area contributed by atoms with Crippen LogP contribution in [0.4, 0.5) is 0 Å². The number of rotatable bonds is 8. The molecule has 0 amide bonds. The summed E-state index contributed by atoms with van der Waals surface area (Å²) in [6, 6.07) is 17.7. The Labute approximate surface area is 422 Å². The van der Waals surface area contributed by atoms with Crippen molar-refractivity contribution < 1.29 is 28.5 Å². The summed E-state index contributed by atoms with van der Waals surface area (Å²) in [6.45, 7) is 28.8. The third-order valence-corrected chi connectivity index (χ3v) is 17.5. The number of benzene rings is 2. The lowest BCUT2D eigenvalue weighted by atomic mass is 9.76. The molecule has 0 spiro atoms. The molecule has 0 N–H and O–H groups in total. The molecular formula is C59H68N4O8Si. The van der Waals surface area contributed by atoms with Gasteiger partial charge in [0.2, 0.25) is 6.79 Å². The molecule has 0 radical (unpaired) electrons. The van der Waals surface area contributed by atoms with E-state index in [1.807, 2.05) is 61.1 Å². The Bertz CT molecular complexity index is 3440. The first-order valence-corrected chi connectivity index (χ1v) is 29.7. The van der Waals surface area contributed by atoms with Gasteiger partial charge in [0.05, 0.1) is 63.7 Å². The number of aromatic nitrogens is 4. The molecule has 2 aromatic carbocycles. The predicted molar refractivity (Wildman–Crippen MR) is 284 cm³/mol. The summed E-state index contributed by atoms with van der Waals surface area (Å²) in [7, 11) is -1.29. The largest absolute Gasteiger partial charge is 0.458 e. The van der Waals surface area contributed by atoms with Gasteiger partial charge in [-0.3, -0.25) is 9.59 Å². The Balaban J connectivity index is 0.000000156. The van der Waals surface area contributed by atoms with E-state index in [0.717, 1.165) is 97.2 Å². The number of aryl methyl sites for hydroxylation is 1. The molecule has 12 nitrogen and oxygen atoms in total. The van der Waals surface area contributed by atoms with Crippen LogP contribution in [-0.4, -0.2) is 51.1 Å². The summed E-state index contributed by atoms with van der Waals surface area (Å²) >= 11 is 0. The molecule has 4 aromatic heterocycles. The number of pyridine rings is 4. The van der Waals surface area contributed by atoms with Crippen molar-refractivity contribution in [3.05, 3.63) is 126 Å². The molecule has 376 valence electrons. The zero-order chi connectivity index (χ0) is 51.0. The fraction of sp³-hybridized carbons (Fsp3) is 0.475. The monoisotopic (exact) mass is 988 g/mol. The Kier molecular flexibility index (Phi) is 11.3. The van der Waals surface area contributed by atoms with E-state index < -0.39 is 30.8 Å². The molecule has 0 unspecified atom stereocenters. The minimum atomic E-state index is -1.32. The number of cyclic esters (lactones) is 1. The number of fused-ring (bicyclic) bond motifs is 11. The zero-order valence-corrected chi connectivity index (χ0v) is 44.9. The van der Waals surface area contributed by atoms with Crippen LogP contribution in [-0.2, 0) is 62.7 Å². The van der Waals surface area contributed by atoms with Gasteiger partial charge in [-0.15, -0.1) is 0 Å². The van der Waals surface area contributed by atoms with Gasteiger partial charge in [-0.25, -0.2) is 14.8 Å². The van der Waals surface area contributed by atoms with Gasteiger partial charge in [-0.1, -0.05) is 70.7 Å². The van der Waals surface area contributed by atoms with E-state index in [9.17, 15) is 14.4 Å². The molecule has 0 bridgehead atoms. The summed E-state index contributed by atoms with van der Waals surface area (Å²) in [6.07, 6.45) is 6.20. The number of hydrogen-bond donors (Lipinski definition) is 0. The Morgan fingerprint density at radius 2 is 1.31 bits per heavy atom. The first-order valence-electron chi connectivity index (χ1n) is 26.0. The standard InChI is InChI=1S/C30H32N2O4.C29H36N2O4Si/c1-6-30(36-29(3,4)5)16(2)10-18-21(30)12-23-27-20(14-32(23)28(18)33)26(17-8-7-9-17)19-11-24-25(35-15-34-24)13-22(19)31-27;1-8-29(35-28(2,3)4)22-15-24-25-20(16-31(24)26(32)21(22)17-34-27(29)33)18(13-14-36(5,6)7)19-11-9-10-12-23(19)30-25/h11-13,17H,2,6-10,14-15H2,1,3-5H3;9-12,15H,8,13-14,16-17H2,1-7H3/t30-;29-/m10/s1. The van der Waals surface area contributed by atoms with Crippen LogP contribution in [0.15, 0.2) is 70.3 Å². The van der Waals surface area contributed by atoms with Crippen molar-refractivity contribution in [1.82, 2.24) is 19.1 Å². The molecule has 6 aromatic rings. The van der Waals surface area contributed by atoms with Crippen LogP contribution in [0.2, 0.25) is 25.7 Å². The van der Waals surface area contributed by atoms with Crippen LogP contribution in [0.25, 0.3) is 44.6 Å². The maximum Gasteiger partial charge on any atom is 0.343 e. The fourth-order valence-corrected chi connectivity index (χ4v) is 13.3. The zero-order valence-electron chi connectivity index (χ0n) is 43.9. The average Bonchev–Trinajstić information content (AvgIpc) is 4.07.